The second kappa shape index (κ2) is 8.30. The van der Waals surface area contributed by atoms with Crippen LogP contribution < -0.4 is 10.1 Å². The van der Waals surface area contributed by atoms with Gasteiger partial charge in [0.1, 0.15) is 11.8 Å². The van der Waals surface area contributed by atoms with E-state index >= 15 is 0 Å². The minimum absolute atomic E-state index is 0.0133. The van der Waals surface area contributed by atoms with Gasteiger partial charge in [0.2, 0.25) is 0 Å². The number of nitrogens with one attached hydrogen (secondary N) is 1. The number of nitrogens with zero attached hydrogens (tertiary/aromatic N) is 1. The molecule has 9 heteroatoms. The molecule has 2 N–H and O–H groups in total. The van der Waals surface area contributed by atoms with Gasteiger partial charge in [0.05, 0.1) is 26.2 Å². The molecule has 2 heterocycles. The van der Waals surface area contributed by atoms with Crippen LogP contribution in [0.4, 0.5) is 10.5 Å². The number of rotatable bonds is 5. The fraction of sp³-hybridized carbons (Fsp3) is 0.316. The predicted molar refractivity (Wildman–Crippen MR) is 102 cm³/mol. The van der Waals surface area contributed by atoms with Crippen molar-refractivity contribution in [1.82, 2.24) is 4.90 Å². The van der Waals surface area contributed by atoms with E-state index in [1.165, 1.54) is 30.5 Å². The quantitative estimate of drug-likeness (QED) is 0.743. The standard InChI is InChI=1S/C19H20N2O6S/c1-26-12-7-5-11(6-8-12)20-19(25)21-14(17(22)23)10-13(18(24)27-2)16(21)15-4-3-9-28-15/h3-9,13-14,16H,10H2,1-2H3,(H,20,25)(H,22,23). The van der Waals surface area contributed by atoms with E-state index in [1.807, 2.05) is 5.38 Å². The number of urea groups is 1. The summed E-state index contributed by atoms with van der Waals surface area (Å²) in [5, 5.41) is 14.2. The monoisotopic (exact) mass is 404 g/mol. The molecule has 0 spiro atoms. The van der Waals surface area contributed by atoms with Crippen LogP contribution in [0.15, 0.2) is 41.8 Å². The number of benzene rings is 1. The average Bonchev–Trinajstić information content (AvgIpc) is 3.35. The zero-order chi connectivity index (χ0) is 20.3. The minimum atomic E-state index is -1.17. The fourth-order valence-electron chi connectivity index (χ4n) is 3.39. The first kappa shape index (κ1) is 19.7. The highest BCUT2D eigenvalue weighted by Crippen LogP contribution is 2.43. The zero-order valence-electron chi connectivity index (χ0n) is 15.3. The van der Waals surface area contributed by atoms with E-state index in [0.29, 0.717) is 11.4 Å². The first-order valence-corrected chi connectivity index (χ1v) is 9.41. The first-order chi connectivity index (χ1) is 13.5. The van der Waals surface area contributed by atoms with Gasteiger partial charge < -0.3 is 24.8 Å². The van der Waals surface area contributed by atoms with Crippen molar-refractivity contribution < 1.29 is 29.0 Å². The largest absolute Gasteiger partial charge is 0.497 e. The van der Waals surface area contributed by atoms with E-state index in [-0.39, 0.29) is 6.42 Å². The van der Waals surface area contributed by atoms with Gasteiger partial charge in [-0.1, -0.05) is 6.07 Å². The van der Waals surface area contributed by atoms with E-state index in [4.69, 9.17) is 9.47 Å². The molecule has 3 atom stereocenters. The minimum Gasteiger partial charge on any atom is -0.497 e. The van der Waals surface area contributed by atoms with Gasteiger partial charge in [-0.2, -0.15) is 0 Å². The third-order valence-corrected chi connectivity index (χ3v) is 5.64. The van der Waals surface area contributed by atoms with E-state index in [0.717, 1.165) is 4.88 Å². The number of anilines is 1. The normalized spacial score (nSPS) is 21.2. The Morgan fingerprint density at radius 1 is 1.18 bits per heavy atom. The summed E-state index contributed by atoms with van der Waals surface area (Å²) >= 11 is 1.36. The number of carboxylic acids is 1. The molecular weight excluding hydrogens is 384 g/mol. The smallest absolute Gasteiger partial charge is 0.326 e. The number of thiophene rings is 1. The molecule has 1 fully saturated rings. The predicted octanol–water partition coefficient (Wildman–Crippen LogP) is 2.98. The molecule has 0 bridgehead atoms. The molecule has 148 valence electrons. The number of carbonyl (C=O) groups excluding carboxylic acids is 2. The van der Waals surface area contributed by atoms with Crippen LogP contribution in [0.25, 0.3) is 0 Å². The molecule has 1 saturated heterocycles. The Kier molecular flexibility index (Phi) is 5.84. The molecule has 1 aromatic carbocycles. The molecule has 3 unspecified atom stereocenters. The van der Waals surface area contributed by atoms with Gasteiger partial charge in [-0.15, -0.1) is 11.3 Å². The number of amides is 2. The van der Waals surface area contributed by atoms with Gasteiger partial charge in [0.15, 0.2) is 0 Å². The highest BCUT2D eigenvalue weighted by Gasteiger charge is 2.51. The molecule has 8 nitrogen and oxygen atoms in total. The first-order valence-electron chi connectivity index (χ1n) is 8.53. The molecule has 3 rings (SSSR count). The number of ether oxygens (including phenoxy) is 2. The summed E-state index contributed by atoms with van der Waals surface area (Å²) in [7, 11) is 2.79. The number of carboxylic acid groups (broad SMARTS) is 1. The highest BCUT2D eigenvalue weighted by molar-refractivity contribution is 7.10. The van der Waals surface area contributed by atoms with Gasteiger partial charge in [-0.25, -0.2) is 9.59 Å². The van der Waals surface area contributed by atoms with E-state index in [2.05, 4.69) is 5.32 Å². The van der Waals surface area contributed by atoms with Crippen LogP contribution in [0.3, 0.4) is 0 Å². The summed E-state index contributed by atoms with van der Waals surface area (Å²) in [4.78, 5) is 39.1. The van der Waals surface area contributed by atoms with E-state index < -0.39 is 36.0 Å². The third-order valence-electron chi connectivity index (χ3n) is 4.69. The van der Waals surface area contributed by atoms with Crippen LogP contribution in [0.2, 0.25) is 0 Å². The maximum Gasteiger partial charge on any atom is 0.326 e. The van der Waals surface area contributed by atoms with Gasteiger partial charge in [-0.3, -0.25) is 4.79 Å². The van der Waals surface area contributed by atoms with Crippen LogP contribution in [-0.4, -0.2) is 48.2 Å². The van der Waals surface area contributed by atoms with Crippen LogP contribution >= 0.6 is 11.3 Å². The Bertz CT molecular complexity index is 852. The van der Waals surface area contributed by atoms with Crippen LogP contribution in [0.5, 0.6) is 5.75 Å². The van der Waals surface area contributed by atoms with Gasteiger partial charge in [-0.05, 0) is 42.1 Å². The van der Waals surface area contributed by atoms with Gasteiger partial charge >= 0.3 is 18.0 Å². The maximum absolute atomic E-state index is 13.0. The van der Waals surface area contributed by atoms with Crippen molar-refractivity contribution in [2.45, 2.75) is 18.5 Å². The Balaban J connectivity index is 1.93. The molecule has 1 aromatic heterocycles. The summed E-state index contributed by atoms with van der Waals surface area (Å²) in [5.74, 6) is -1.83. The Hall–Kier alpha value is -3.07. The number of hydrogen-bond acceptors (Lipinski definition) is 6. The lowest BCUT2D eigenvalue weighted by Gasteiger charge is -2.29. The molecule has 2 aromatic rings. The highest BCUT2D eigenvalue weighted by atomic mass is 32.1. The average molecular weight is 404 g/mol. The van der Waals surface area contributed by atoms with E-state index in [9.17, 15) is 19.5 Å². The van der Waals surface area contributed by atoms with Crippen molar-refractivity contribution in [1.29, 1.82) is 0 Å². The summed E-state index contributed by atoms with van der Waals surface area (Å²) < 4.78 is 9.95. The lowest BCUT2D eigenvalue weighted by atomic mass is 9.98. The Morgan fingerprint density at radius 3 is 2.43 bits per heavy atom. The number of carbonyl (C=O) groups is 3. The summed E-state index contributed by atoms with van der Waals surface area (Å²) in [5.41, 5.74) is 0.487. The van der Waals surface area contributed by atoms with Gasteiger partial charge in [0, 0.05) is 10.6 Å². The van der Waals surface area contributed by atoms with Crippen LogP contribution in [-0.2, 0) is 14.3 Å². The number of esters is 1. The van der Waals surface area contributed by atoms with Crippen molar-refractivity contribution in [3.63, 3.8) is 0 Å². The molecule has 1 aliphatic heterocycles. The molecule has 1 aliphatic rings. The topological polar surface area (TPSA) is 105 Å². The number of likely N-dealkylation sites (tertiary alicyclic amines) is 1. The zero-order valence-corrected chi connectivity index (χ0v) is 16.1. The van der Waals surface area contributed by atoms with Crippen LogP contribution in [0, 0.1) is 5.92 Å². The SMILES string of the molecule is COC(=O)C1CC(C(=O)O)N(C(=O)Nc2ccc(OC)cc2)C1c1cccs1. The Labute approximate surface area is 165 Å². The molecule has 2 amide bonds. The third kappa shape index (κ3) is 3.79. The van der Waals surface area contributed by atoms with Crippen molar-refractivity contribution >= 4 is 35.0 Å². The van der Waals surface area contributed by atoms with Crippen molar-refractivity contribution in [2.24, 2.45) is 5.92 Å². The number of methoxy groups -OCH3 is 2. The molecule has 0 aliphatic carbocycles. The number of hydrogen-bond donors (Lipinski definition) is 2. The fourth-order valence-corrected chi connectivity index (χ4v) is 4.28. The second-order valence-corrected chi connectivity index (χ2v) is 7.22. The van der Waals surface area contributed by atoms with Gasteiger partial charge in [0.25, 0.3) is 0 Å². The lowest BCUT2D eigenvalue weighted by molar-refractivity contribution is -0.146. The molecule has 0 saturated carbocycles. The lowest BCUT2D eigenvalue weighted by Crippen LogP contribution is -2.44. The maximum atomic E-state index is 13.0. The van der Waals surface area contributed by atoms with Crippen molar-refractivity contribution in [3.05, 3.63) is 46.7 Å². The molecular formula is C19H20N2O6S. The Morgan fingerprint density at radius 2 is 1.89 bits per heavy atom. The van der Waals surface area contributed by atoms with Crippen molar-refractivity contribution in [3.8, 4) is 5.75 Å². The summed E-state index contributed by atoms with van der Waals surface area (Å²) in [6.07, 6.45) is -0.0133. The summed E-state index contributed by atoms with van der Waals surface area (Å²) in [6, 6.07) is 7.79. The van der Waals surface area contributed by atoms with Crippen molar-refractivity contribution in [2.75, 3.05) is 19.5 Å². The number of aliphatic carboxylic acids is 1. The second-order valence-electron chi connectivity index (χ2n) is 6.25. The summed E-state index contributed by atoms with van der Waals surface area (Å²) in [6.45, 7) is 0. The van der Waals surface area contributed by atoms with E-state index in [1.54, 1.807) is 36.4 Å². The van der Waals surface area contributed by atoms with Crippen LogP contribution in [0.1, 0.15) is 17.3 Å². The molecule has 0 radical (unpaired) electrons. The molecule has 28 heavy (non-hydrogen) atoms.